The molecule has 1 atom stereocenters. The maximum Gasteiger partial charge on any atom is 0.166 e. The molecule has 1 heterocycles. The molecule has 0 N–H and O–H groups in total. The van der Waals surface area contributed by atoms with E-state index in [-0.39, 0.29) is 11.9 Å². The molecule has 1 aliphatic rings. The standard InChI is InChI=1S/C17H18O2/c18-17(12-14-8-3-4-11-19-14)16-10-5-7-13-6-1-2-9-15(13)16/h1-2,5-7,9-10,14H,3-4,8,11-12H2. The van der Waals surface area contributed by atoms with Gasteiger partial charge in [0, 0.05) is 18.6 Å². The topological polar surface area (TPSA) is 26.3 Å². The number of Topliss-reactive ketones (excluding diaryl/α,β-unsaturated/α-hetero) is 1. The first-order valence-electron chi connectivity index (χ1n) is 6.97. The fourth-order valence-electron chi connectivity index (χ4n) is 2.75. The Morgan fingerprint density at radius 1 is 1.11 bits per heavy atom. The maximum absolute atomic E-state index is 12.4. The molecule has 2 nitrogen and oxygen atoms in total. The van der Waals surface area contributed by atoms with Crippen LogP contribution in [0.3, 0.4) is 0 Å². The van der Waals surface area contributed by atoms with E-state index in [4.69, 9.17) is 4.74 Å². The summed E-state index contributed by atoms with van der Waals surface area (Å²) in [7, 11) is 0. The van der Waals surface area contributed by atoms with E-state index in [1.165, 1.54) is 6.42 Å². The normalized spacial score (nSPS) is 19.5. The summed E-state index contributed by atoms with van der Waals surface area (Å²) in [6.07, 6.45) is 3.93. The molecule has 0 bridgehead atoms. The van der Waals surface area contributed by atoms with Gasteiger partial charge in [-0.25, -0.2) is 0 Å². The van der Waals surface area contributed by atoms with Gasteiger partial charge in [-0.15, -0.1) is 0 Å². The molecule has 0 saturated carbocycles. The monoisotopic (exact) mass is 254 g/mol. The van der Waals surface area contributed by atoms with Crippen molar-refractivity contribution in [1.29, 1.82) is 0 Å². The van der Waals surface area contributed by atoms with Crippen LogP contribution >= 0.6 is 0 Å². The molecule has 0 radical (unpaired) electrons. The van der Waals surface area contributed by atoms with Crippen LogP contribution in [0.5, 0.6) is 0 Å². The van der Waals surface area contributed by atoms with Gasteiger partial charge in [0.25, 0.3) is 0 Å². The van der Waals surface area contributed by atoms with Crippen molar-refractivity contribution in [3.8, 4) is 0 Å². The highest BCUT2D eigenvalue weighted by atomic mass is 16.5. The van der Waals surface area contributed by atoms with Crippen LogP contribution in [0.2, 0.25) is 0 Å². The van der Waals surface area contributed by atoms with Crippen LogP contribution in [0, 0.1) is 0 Å². The molecule has 1 saturated heterocycles. The van der Waals surface area contributed by atoms with Crippen LogP contribution in [-0.2, 0) is 4.74 Å². The van der Waals surface area contributed by atoms with Gasteiger partial charge in [-0.2, -0.15) is 0 Å². The predicted molar refractivity (Wildman–Crippen MR) is 76.5 cm³/mol. The van der Waals surface area contributed by atoms with E-state index < -0.39 is 0 Å². The van der Waals surface area contributed by atoms with E-state index in [0.717, 1.165) is 35.8 Å². The summed E-state index contributed by atoms with van der Waals surface area (Å²) in [6, 6.07) is 14.0. The lowest BCUT2D eigenvalue weighted by molar-refractivity contribution is 0.0129. The van der Waals surface area contributed by atoms with Gasteiger partial charge in [-0.05, 0) is 30.0 Å². The van der Waals surface area contributed by atoms with E-state index >= 15 is 0 Å². The van der Waals surface area contributed by atoms with Gasteiger partial charge in [0.1, 0.15) is 0 Å². The number of fused-ring (bicyclic) bond motifs is 1. The Bertz CT molecular complexity index is 577. The van der Waals surface area contributed by atoms with Crippen molar-refractivity contribution < 1.29 is 9.53 Å². The average Bonchev–Trinajstić information content (AvgIpc) is 2.47. The quantitative estimate of drug-likeness (QED) is 0.774. The van der Waals surface area contributed by atoms with Crippen molar-refractivity contribution >= 4 is 16.6 Å². The fraction of sp³-hybridized carbons (Fsp3) is 0.353. The molecule has 0 amide bonds. The number of carbonyl (C=O) groups is 1. The van der Waals surface area contributed by atoms with Gasteiger partial charge in [-0.1, -0.05) is 42.5 Å². The molecule has 1 aliphatic heterocycles. The maximum atomic E-state index is 12.4. The van der Waals surface area contributed by atoms with E-state index in [2.05, 4.69) is 0 Å². The number of ketones is 1. The van der Waals surface area contributed by atoms with Crippen molar-refractivity contribution in [2.45, 2.75) is 31.8 Å². The summed E-state index contributed by atoms with van der Waals surface area (Å²) in [4.78, 5) is 12.4. The molecule has 0 spiro atoms. The van der Waals surface area contributed by atoms with Crippen LogP contribution in [0.4, 0.5) is 0 Å². The average molecular weight is 254 g/mol. The summed E-state index contributed by atoms with van der Waals surface area (Å²) < 4.78 is 5.66. The van der Waals surface area contributed by atoms with E-state index in [0.29, 0.717) is 6.42 Å². The van der Waals surface area contributed by atoms with Crippen molar-refractivity contribution in [3.63, 3.8) is 0 Å². The second-order valence-corrected chi connectivity index (χ2v) is 5.14. The lowest BCUT2D eigenvalue weighted by Crippen LogP contribution is -2.22. The summed E-state index contributed by atoms with van der Waals surface area (Å²) in [6.45, 7) is 0.799. The Hall–Kier alpha value is -1.67. The highest BCUT2D eigenvalue weighted by Gasteiger charge is 2.19. The summed E-state index contributed by atoms with van der Waals surface area (Å²) in [5.41, 5.74) is 0.826. The molecule has 19 heavy (non-hydrogen) atoms. The first kappa shape index (κ1) is 12.4. The van der Waals surface area contributed by atoms with Crippen LogP contribution in [0.15, 0.2) is 42.5 Å². The fourth-order valence-corrected chi connectivity index (χ4v) is 2.75. The van der Waals surface area contributed by atoms with Crippen molar-refractivity contribution in [3.05, 3.63) is 48.0 Å². The molecule has 1 fully saturated rings. The summed E-state index contributed by atoms with van der Waals surface area (Å²) >= 11 is 0. The van der Waals surface area contributed by atoms with Crippen molar-refractivity contribution in [2.75, 3.05) is 6.61 Å². The van der Waals surface area contributed by atoms with Crippen LogP contribution < -0.4 is 0 Å². The Balaban J connectivity index is 1.85. The highest BCUT2D eigenvalue weighted by Crippen LogP contribution is 2.23. The highest BCUT2D eigenvalue weighted by molar-refractivity contribution is 6.08. The van der Waals surface area contributed by atoms with Gasteiger partial charge in [0.05, 0.1) is 6.10 Å². The molecule has 98 valence electrons. The third-order valence-corrected chi connectivity index (χ3v) is 3.78. The molecule has 1 unspecified atom stereocenters. The zero-order valence-corrected chi connectivity index (χ0v) is 11.0. The van der Waals surface area contributed by atoms with Gasteiger partial charge < -0.3 is 4.74 Å². The molecule has 2 aromatic carbocycles. The first-order chi connectivity index (χ1) is 9.34. The zero-order chi connectivity index (χ0) is 13.1. The Kier molecular flexibility index (Phi) is 3.60. The molecule has 0 aromatic heterocycles. The van der Waals surface area contributed by atoms with Crippen LogP contribution in [-0.4, -0.2) is 18.5 Å². The van der Waals surface area contributed by atoms with Crippen LogP contribution in [0.25, 0.3) is 10.8 Å². The lowest BCUT2D eigenvalue weighted by atomic mass is 9.96. The molecular weight excluding hydrogens is 236 g/mol. The minimum atomic E-state index is 0.111. The van der Waals surface area contributed by atoms with Gasteiger partial charge in [-0.3, -0.25) is 4.79 Å². The first-order valence-corrected chi connectivity index (χ1v) is 6.97. The number of carbonyl (C=O) groups excluding carboxylic acids is 1. The summed E-state index contributed by atoms with van der Waals surface area (Å²) in [5, 5.41) is 2.17. The molecular formula is C17H18O2. The number of hydrogen-bond acceptors (Lipinski definition) is 2. The second-order valence-electron chi connectivity index (χ2n) is 5.14. The minimum absolute atomic E-state index is 0.111. The van der Waals surface area contributed by atoms with E-state index in [1.54, 1.807) is 0 Å². The Morgan fingerprint density at radius 2 is 1.95 bits per heavy atom. The summed E-state index contributed by atoms with van der Waals surface area (Å²) in [5.74, 6) is 0.198. The Morgan fingerprint density at radius 3 is 2.79 bits per heavy atom. The molecule has 2 heteroatoms. The minimum Gasteiger partial charge on any atom is -0.378 e. The second kappa shape index (κ2) is 5.54. The Labute approximate surface area is 113 Å². The number of rotatable bonds is 3. The van der Waals surface area contributed by atoms with Crippen LogP contribution in [0.1, 0.15) is 36.0 Å². The number of hydrogen-bond donors (Lipinski definition) is 0. The molecule has 0 aliphatic carbocycles. The SMILES string of the molecule is O=C(CC1CCCCO1)c1cccc2ccccc12. The number of benzene rings is 2. The van der Waals surface area contributed by atoms with Gasteiger partial charge >= 0.3 is 0 Å². The number of ether oxygens (including phenoxy) is 1. The van der Waals surface area contributed by atoms with Gasteiger partial charge in [0.2, 0.25) is 0 Å². The van der Waals surface area contributed by atoms with Crippen molar-refractivity contribution in [1.82, 2.24) is 0 Å². The van der Waals surface area contributed by atoms with Crippen molar-refractivity contribution in [2.24, 2.45) is 0 Å². The molecule has 3 rings (SSSR count). The third kappa shape index (κ3) is 2.69. The van der Waals surface area contributed by atoms with E-state index in [9.17, 15) is 4.79 Å². The third-order valence-electron chi connectivity index (χ3n) is 3.78. The largest absolute Gasteiger partial charge is 0.378 e. The smallest absolute Gasteiger partial charge is 0.166 e. The lowest BCUT2D eigenvalue weighted by Gasteiger charge is -2.22. The van der Waals surface area contributed by atoms with Gasteiger partial charge in [0.15, 0.2) is 5.78 Å². The zero-order valence-electron chi connectivity index (χ0n) is 11.0. The molecule has 2 aromatic rings. The predicted octanol–water partition coefficient (Wildman–Crippen LogP) is 3.98. The van der Waals surface area contributed by atoms with E-state index in [1.807, 2.05) is 42.5 Å².